The summed E-state index contributed by atoms with van der Waals surface area (Å²) < 4.78 is 0. The molecule has 0 radical (unpaired) electrons. The zero-order chi connectivity index (χ0) is 13.5. The minimum absolute atomic E-state index is 0.215. The van der Waals surface area contributed by atoms with Gasteiger partial charge >= 0.3 is 0 Å². The molecule has 20 heavy (non-hydrogen) atoms. The Morgan fingerprint density at radius 3 is 2.45 bits per heavy atom. The first-order valence-electron chi connectivity index (χ1n) is 7.66. The van der Waals surface area contributed by atoms with Gasteiger partial charge in [0.2, 0.25) is 0 Å². The first kappa shape index (κ1) is 12.0. The van der Waals surface area contributed by atoms with Crippen molar-refractivity contribution < 1.29 is 4.79 Å². The summed E-state index contributed by atoms with van der Waals surface area (Å²) in [5.74, 6) is 1.73. The Morgan fingerprint density at radius 1 is 1.10 bits per heavy atom. The summed E-state index contributed by atoms with van der Waals surface area (Å²) in [6.07, 6.45) is 7.11. The lowest BCUT2D eigenvalue weighted by molar-refractivity contribution is 0.0740. The van der Waals surface area contributed by atoms with E-state index in [9.17, 15) is 4.79 Å². The molecule has 3 heteroatoms. The van der Waals surface area contributed by atoms with E-state index in [2.05, 4.69) is 9.88 Å². The maximum absolute atomic E-state index is 12.8. The van der Waals surface area contributed by atoms with Crippen LogP contribution < -0.4 is 0 Å². The molecule has 0 atom stereocenters. The molecule has 2 fully saturated rings. The highest BCUT2D eigenvalue weighted by Crippen LogP contribution is 2.34. The summed E-state index contributed by atoms with van der Waals surface area (Å²) >= 11 is 0. The van der Waals surface area contributed by atoms with Gasteiger partial charge in [-0.3, -0.25) is 4.79 Å². The van der Waals surface area contributed by atoms with Crippen molar-refractivity contribution in [2.45, 2.75) is 25.7 Å². The third-order valence-corrected chi connectivity index (χ3v) is 4.44. The number of hydrogen-bond donors (Lipinski definition) is 1. The van der Waals surface area contributed by atoms with Crippen LogP contribution in [-0.2, 0) is 0 Å². The van der Waals surface area contributed by atoms with Crippen molar-refractivity contribution in [2.24, 2.45) is 11.8 Å². The minimum atomic E-state index is 0.215. The molecule has 3 nitrogen and oxygen atoms in total. The number of hydrogen-bond acceptors (Lipinski definition) is 1. The third-order valence-electron chi connectivity index (χ3n) is 4.44. The van der Waals surface area contributed by atoms with Gasteiger partial charge in [0.25, 0.3) is 5.91 Å². The van der Waals surface area contributed by atoms with E-state index in [1.807, 2.05) is 30.5 Å². The Labute approximate surface area is 119 Å². The number of aromatic nitrogens is 1. The summed E-state index contributed by atoms with van der Waals surface area (Å²) in [7, 11) is 0. The second-order valence-electron chi connectivity index (χ2n) is 6.38. The maximum atomic E-state index is 12.8. The maximum Gasteiger partial charge on any atom is 0.253 e. The fourth-order valence-corrected chi connectivity index (χ4v) is 2.83. The molecule has 0 bridgehead atoms. The van der Waals surface area contributed by atoms with Gasteiger partial charge in [-0.15, -0.1) is 0 Å². The van der Waals surface area contributed by atoms with Crippen LogP contribution in [0.1, 0.15) is 36.0 Å². The lowest BCUT2D eigenvalue weighted by Gasteiger charge is -2.22. The molecule has 2 aliphatic carbocycles. The highest BCUT2D eigenvalue weighted by Gasteiger charge is 2.31. The average molecular weight is 268 g/mol. The number of H-pyrrole nitrogens is 1. The number of aromatic amines is 1. The van der Waals surface area contributed by atoms with E-state index in [4.69, 9.17) is 0 Å². The van der Waals surface area contributed by atoms with E-state index >= 15 is 0 Å². The van der Waals surface area contributed by atoms with Crippen molar-refractivity contribution >= 4 is 16.8 Å². The van der Waals surface area contributed by atoms with Gasteiger partial charge in [-0.2, -0.15) is 0 Å². The molecule has 0 unspecified atom stereocenters. The number of rotatable bonds is 5. The van der Waals surface area contributed by atoms with Crippen molar-refractivity contribution in [3.63, 3.8) is 0 Å². The smallest absolute Gasteiger partial charge is 0.253 e. The number of nitrogens with zero attached hydrogens (tertiary/aromatic N) is 1. The SMILES string of the molecule is O=C(c1ccc2[nH]ccc2c1)N(CC1CC1)CC1CC1. The fraction of sp³-hybridized carbons (Fsp3) is 0.471. The Bertz CT molecular complexity index is 623. The van der Waals surface area contributed by atoms with Crippen molar-refractivity contribution in [1.82, 2.24) is 9.88 Å². The molecule has 4 rings (SSSR count). The summed E-state index contributed by atoms with van der Waals surface area (Å²) in [4.78, 5) is 18.0. The van der Waals surface area contributed by atoms with Crippen LogP contribution in [0.5, 0.6) is 0 Å². The van der Waals surface area contributed by atoms with Crippen LogP contribution >= 0.6 is 0 Å². The molecule has 1 aromatic carbocycles. The zero-order valence-corrected chi connectivity index (χ0v) is 11.6. The summed E-state index contributed by atoms with van der Waals surface area (Å²) in [6, 6.07) is 8.00. The van der Waals surface area contributed by atoms with E-state index in [-0.39, 0.29) is 5.91 Å². The standard InChI is InChI=1S/C17H20N2O/c20-17(15-5-6-16-14(9-15)7-8-18-16)19(10-12-1-2-12)11-13-3-4-13/h5-9,12-13,18H,1-4,10-11H2. The quantitative estimate of drug-likeness (QED) is 0.886. The molecule has 0 spiro atoms. The lowest BCUT2D eigenvalue weighted by Crippen LogP contribution is -2.34. The van der Waals surface area contributed by atoms with Gasteiger partial charge in [0.1, 0.15) is 0 Å². The zero-order valence-electron chi connectivity index (χ0n) is 11.6. The molecule has 104 valence electrons. The van der Waals surface area contributed by atoms with Gasteiger partial charge in [0, 0.05) is 35.8 Å². The largest absolute Gasteiger partial charge is 0.361 e. The summed E-state index contributed by atoms with van der Waals surface area (Å²) in [5.41, 5.74) is 1.93. The first-order chi connectivity index (χ1) is 9.79. The normalized spacial score (nSPS) is 18.4. The number of nitrogens with one attached hydrogen (secondary N) is 1. The molecule has 1 amide bonds. The minimum Gasteiger partial charge on any atom is -0.361 e. The Kier molecular flexibility index (Phi) is 2.79. The Morgan fingerprint density at radius 2 is 1.80 bits per heavy atom. The fourth-order valence-electron chi connectivity index (χ4n) is 2.83. The van der Waals surface area contributed by atoms with Crippen LogP contribution in [0.3, 0.4) is 0 Å². The van der Waals surface area contributed by atoms with Crippen molar-refractivity contribution in [3.05, 3.63) is 36.0 Å². The van der Waals surface area contributed by atoms with Gasteiger partial charge in [0.15, 0.2) is 0 Å². The molecule has 2 aliphatic rings. The summed E-state index contributed by atoms with van der Waals surface area (Å²) in [6.45, 7) is 1.92. The molecule has 1 N–H and O–H groups in total. The van der Waals surface area contributed by atoms with Crippen LogP contribution in [0.4, 0.5) is 0 Å². The van der Waals surface area contributed by atoms with E-state index in [1.165, 1.54) is 25.7 Å². The molecule has 0 saturated heterocycles. The van der Waals surface area contributed by atoms with Crippen molar-refractivity contribution in [1.29, 1.82) is 0 Å². The van der Waals surface area contributed by atoms with Crippen LogP contribution in [0, 0.1) is 11.8 Å². The van der Waals surface area contributed by atoms with Crippen LogP contribution in [-0.4, -0.2) is 28.9 Å². The number of benzene rings is 1. The third kappa shape index (κ3) is 2.45. The highest BCUT2D eigenvalue weighted by molar-refractivity contribution is 5.98. The van der Waals surface area contributed by atoms with Gasteiger partial charge in [-0.25, -0.2) is 0 Å². The van der Waals surface area contributed by atoms with Crippen molar-refractivity contribution in [3.8, 4) is 0 Å². The molecule has 2 saturated carbocycles. The van der Waals surface area contributed by atoms with Gasteiger partial charge < -0.3 is 9.88 Å². The van der Waals surface area contributed by atoms with Gasteiger partial charge in [-0.05, 0) is 61.8 Å². The Balaban J connectivity index is 1.57. The van der Waals surface area contributed by atoms with Crippen LogP contribution in [0.2, 0.25) is 0 Å². The van der Waals surface area contributed by atoms with E-state index < -0.39 is 0 Å². The predicted molar refractivity (Wildman–Crippen MR) is 79.7 cm³/mol. The monoisotopic (exact) mass is 268 g/mol. The Hall–Kier alpha value is -1.77. The number of carbonyl (C=O) groups is 1. The van der Waals surface area contributed by atoms with Crippen molar-refractivity contribution in [2.75, 3.05) is 13.1 Å². The van der Waals surface area contributed by atoms with E-state index in [0.29, 0.717) is 0 Å². The number of fused-ring (bicyclic) bond motifs is 1. The van der Waals surface area contributed by atoms with Crippen LogP contribution in [0.25, 0.3) is 10.9 Å². The highest BCUT2D eigenvalue weighted by atomic mass is 16.2. The van der Waals surface area contributed by atoms with Gasteiger partial charge in [-0.1, -0.05) is 0 Å². The second kappa shape index (κ2) is 4.65. The molecular weight excluding hydrogens is 248 g/mol. The van der Waals surface area contributed by atoms with Crippen LogP contribution in [0.15, 0.2) is 30.5 Å². The molecule has 0 aliphatic heterocycles. The van der Waals surface area contributed by atoms with E-state index in [0.717, 1.165) is 41.4 Å². The molecule has 1 aromatic heterocycles. The molecular formula is C17H20N2O. The second-order valence-corrected chi connectivity index (χ2v) is 6.38. The van der Waals surface area contributed by atoms with E-state index in [1.54, 1.807) is 0 Å². The predicted octanol–water partition coefficient (Wildman–Crippen LogP) is 3.43. The topological polar surface area (TPSA) is 36.1 Å². The molecule has 2 aromatic rings. The first-order valence-corrected chi connectivity index (χ1v) is 7.66. The van der Waals surface area contributed by atoms with Gasteiger partial charge in [0.05, 0.1) is 0 Å². The summed E-state index contributed by atoms with van der Waals surface area (Å²) in [5, 5.41) is 1.12. The number of carbonyl (C=O) groups excluding carboxylic acids is 1. The average Bonchev–Trinajstić information content (AvgIpc) is 3.38. The number of amides is 1. The lowest BCUT2D eigenvalue weighted by atomic mass is 10.1. The molecule has 1 heterocycles.